The van der Waals surface area contributed by atoms with E-state index in [0.717, 1.165) is 35.8 Å². The van der Waals surface area contributed by atoms with Gasteiger partial charge in [0, 0.05) is 17.8 Å². The molecule has 0 heterocycles. The summed E-state index contributed by atoms with van der Waals surface area (Å²) < 4.78 is 37.2. The van der Waals surface area contributed by atoms with Crippen molar-refractivity contribution in [2.24, 2.45) is 0 Å². The van der Waals surface area contributed by atoms with E-state index in [0.29, 0.717) is 12.6 Å². The molecule has 1 aliphatic rings. The highest BCUT2D eigenvalue weighted by molar-refractivity contribution is 7.99. The van der Waals surface area contributed by atoms with E-state index in [1.165, 1.54) is 6.42 Å². The van der Waals surface area contributed by atoms with Crippen LogP contribution < -0.4 is 5.32 Å². The molecule has 1 aromatic rings. The summed E-state index contributed by atoms with van der Waals surface area (Å²) in [5.41, 5.74) is 0.320. The molecule has 19 heavy (non-hydrogen) atoms. The molecular weight excluding hydrogens is 271 g/mol. The van der Waals surface area contributed by atoms with E-state index in [-0.39, 0.29) is 0 Å². The third kappa shape index (κ3) is 4.14. The van der Waals surface area contributed by atoms with Crippen molar-refractivity contribution in [2.75, 3.05) is 6.26 Å². The van der Waals surface area contributed by atoms with E-state index in [9.17, 15) is 13.2 Å². The van der Waals surface area contributed by atoms with E-state index < -0.39 is 11.7 Å². The smallest absolute Gasteiger partial charge is 0.310 e. The number of rotatable bonds is 4. The molecule has 1 saturated carbocycles. The zero-order chi connectivity index (χ0) is 13.9. The standard InChI is InChI=1S/C14H18F3NS/c1-19-13-7-6-12(8-13)18-9-10-2-4-11(5-3-10)14(15,16)17/h2-5,12-13,18H,6-9H2,1H3. The summed E-state index contributed by atoms with van der Waals surface area (Å²) >= 11 is 1.90. The summed E-state index contributed by atoms with van der Waals surface area (Å²) in [6, 6.07) is 5.90. The average Bonchev–Trinajstić information content (AvgIpc) is 2.84. The molecule has 2 rings (SSSR count). The van der Waals surface area contributed by atoms with Gasteiger partial charge in [0.2, 0.25) is 0 Å². The second-order valence-corrected chi connectivity index (χ2v) is 6.08. The molecule has 0 radical (unpaired) electrons. The highest BCUT2D eigenvalue weighted by Crippen LogP contribution is 2.30. The lowest BCUT2D eigenvalue weighted by molar-refractivity contribution is -0.137. The zero-order valence-corrected chi connectivity index (χ0v) is 11.7. The highest BCUT2D eigenvalue weighted by atomic mass is 32.2. The molecule has 0 saturated heterocycles. The van der Waals surface area contributed by atoms with E-state index in [4.69, 9.17) is 0 Å². The molecule has 1 nitrogen and oxygen atoms in total. The fraction of sp³-hybridized carbons (Fsp3) is 0.571. The average molecular weight is 289 g/mol. The van der Waals surface area contributed by atoms with Gasteiger partial charge in [-0.15, -0.1) is 0 Å². The van der Waals surface area contributed by atoms with E-state index in [1.54, 1.807) is 12.1 Å². The van der Waals surface area contributed by atoms with Gasteiger partial charge in [0.05, 0.1) is 5.56 Å². The first-order chi connectivity index (χ1) is 8.99. The van der Waals surface area contributed by atoms with Gasteiger partial charge in [-0.05, 0) is 43.2 Å². The molecule has 1 fully saturated rings. The summed E-state index contributed by atoms with van der Waals surface area (Å²) in [6.45, 7) is 0.643. The molecule has 2 unspecified atom stereocenters. The summed E-state index contributed by atoms with van der Waals surface area (Å²) in [6.07, 6.45) is 1.42. The Hall–Kier alpha value is -0.680. The second-order valence-electron chi connectivity index (χ2n) is 4.94. The predicted octanol–water partition coefficient (Wildman–Crippen LogP) is 4.08. The first-order valence-corrected chi connectivity index (χ1v) is 7.70. The van der Waals surface area contributed by atoms with Crippen molar-refractivity contribution in [3.05, 3.63) is 35.4 Å². The third-order valence-corrected chi connectivity index (χ3v) is 4.69. The molecule has 1 N–H and O–H groups in total. The molecule has 0 bridgehead atoms. The lowest BCUT2D eigenvalue weighted by Crippen LogP contribution is -2.26. The number of benzene rings is 1. The summed E-state index contributed by atoms with van der Waals surface area (Å²) in [5.74, 6) is 0. The number of nitrogens with one attached hydrogen (secondary N) is 1. The minimum Gasteiger partial charge on any atom is -0.310 e. The molecule has 0 aliphatic heterocycles. The van der Waals surface area contributed by atoms with Crippen LogP contribution in [0.1, 0.15) is 30.4 Å². The Kier molecular flexibility index (Phi) is 4.79. The van der Waals surface area contributed by atoms with Gasteiger partial charge in [0.1, 0.15) is 0 Å². The van der Waals surface area contributed by atoms with E-state index in [1.807, 2.05) is 11.8 Å². The Morgan fingerprint density at radius 3 is 2.42 bits per heavy atom. The quantitative estimate of drug-likeness (QED) is 0.896. The van der Waals surface area contributed by atoms with Crippen molar-refractivity contribution in [2.45, 2.75) is 43.3 Å². The molecule has 1 aromatic carbocycles. The van der Waals surface area contributed by atoms with Crippen LogP contribution in [0.4, 0.5) is 13.2 Å². The Labute approximate surface area is 116 Å². The number of halogens is 3. The van der Waals surface area contributed by atoms with E-state index in [2.05, 4.69) is 11.6 Å². The number of hydrogen-bond donors (Lipinski definition) is 1. The van der Waals surface area contributed by atoms with Crippen LogP contribution in [0.5, 0.6) is 0 Å². The maximum Gasteiger partial charge on any atom is 0.416 e. The fourth-order valence-corrected chi connectivity index (χ4v) is 3.21. The van der Waals surface area contributed by atoms with Crippen LogP contribution in [0.2, 0.25) is 0 Å². The maximum absolute atomic E-state index is 12.4. The van der Waals surface area contributed by atoms with Gasteiger partial charge >= 0.3 is 6.18 Å². The predicted molar refractivity (Wildman–Crippen MR) is 73.2 cm³/mol. The van der Waals surface area contributed by atoms with Crippen molar-refractivity contribution in [3.8, 4) is 0 Å². The number of alkyl halides is 3. The fourth-order valence-electron chi connectivity index (χ4n) is 2.41. The molecule has 0 spiro atoms. The second kappa shape index (κ2) is 6.18. The minimum atomic E-state index is -4.25. The van der Waals surface area contributed by atoms with Crippen LogP contribution in [0.15, 0.2) is 24.3 Å². The topological polar surface area (TPSA) is 12.0 Å². The summed E-state index contributed by atoms with van der Waals surface area (Å²) in [7, 11) is 0. The summed E-state index contributed by atoms with van der Waals surface area (Å²) in [4.78, 5) is 0. The molecular formula is C14H18F3NS. The van der Waals surface area contributed by atoms with Gasteiger partial charge in [-0.2, -0.15) is 24.9 Å². The van der Waals surface area contributed by atoms with Crippen LogP contribution in [-0.2, 0) is 12.7 Å². The largest absolute Gasteiger partial charge is 0.416 e. The van der Waals surface area contributed by atoms with Gasteiger partial charge in [0.25, 0.3) is 0 Å². The van der Waals surface area contributed by atoms with Crippen LogP contribution in [0.3, 0.4) is 0 Å². The normalized spacial score (nSPS) is 23.8. The van der Waals surface area contributed by atoms with Gasteiger partial charge < -0.3 is 5.32 Å². The summed E-state index contributed by atoms with van der Waals surface area (Å²) in [5, 5.41) is 4.15. The van der Waals surface area contributed by atoms with Crippen LogP contribution >= 0.6 is 11.8 Å². The Bertz CT molecular complexity index is 402. The maximum atomic E-state index is 12.4. The van der Waals surface area contributed by atoms with Gasteiger partial charge in [0.15, 0.2) is 0 Å². The van der Waals surface area contributed by atoms with E-state index >= 15 is 0 Å². The SMILES string of the molecule is CSC1CCC(NCc2ccc(C(F)(F)F)cc2)C1. The molecule has 0 amide bonds. The Morgan fingerprint density at radius 1 is 1.21 bits per heavy atom. The van der Waals surface area contributed by atoms with Gasteiger partial charge in [-0.1, -0.05) is 12.1 Å². The molecule has 5 heteroatoms. The van der Waals surface area contributed by atoms with Crippen LogP contribution in [0.25, 0.3) is 0 Å². The molecule has 0 aromatic heterocycles. The Morgan fingerprint density at radius 2 is 1.89 bits per heavy atom. The monoisotopic (exact) mass is 289 g/mol. The third-order valence-electron chi connectivity index (χ3n) is 3.59. The van der Waals surface area contributed by atoms with Crippen molar-refractivity contribution in [1.82, 2.24) is 5.32 Å². The number of thioether (sulfide) groups is 1. The van der Waals surface area contributed by atoms with Crippen molar-refractivity contribution >= 4 is 11.8 Å². The first kappa shape index (κ1) is 14.7. The Balaban J connectivity index is 1.84. The van der Waals surface area contributed by atoms with Crippen molar-refractivity contribution in [1.29, 1.82) is 0 Å². The lowest BCUT2D eigenvalue weighted by Gasteiger charge is -2.13. The van der Waals surface area contributed by atoms with Crippen molar-refractivity contribution in [3.63, 3.8) is 0 Å². The minimum absolute atomic E-state index is 0.500. The number of hydrogen-bond acceptors (Lipinski definition) is 2. The zero-order valence-electron chi connectivity index (χ0n) is 10.8. The molecule has 1 aliphatic carbocycles. The van der Waals surface area contributed by atoms with Crippen molar-refractivity contribution < 1.29 is 13.2 Å². The molecule has 106 valence electrons. The first-order valence-electron chi connectivity index (χ1n) is 6.41. The van der Waals surface area contributed by atoms with Gasteiger partial charge in [-0.3, -0.25) is 0 Å². The van der Waals surface area contributed by atoms with Crippen LogP contribution in [0, 0.1) is 0 Å². The lowest BCUT2D eigenvalue weighted by atomic mass is 10.1. The molecule has 2 atom stereocenters. The van der Waals surface area contributed by atoms with Crippen LogP contribution in [-0.4, -0.2) is 17.5 Å². The van der Waals surface area contributed by atoms with Gasteiger partial charge in [-0.25, -0.2) is 0 Å². The highest BCUT2D eigenvalue weighted by Gasteiger charge is 2.30.